The number of benzene rings is 1. The summed E-state index contributed by atoms with van der Waals surface area (Å²) in [6, 6.07) is 3.78. The number of aliphatic carboxylic acids is 1. The molecule has 1 aliphatic heterocycles. The van der Waals surface area contributed by atoms with E-state index in [0.29, 0.717) is 18.2 Å². The van der Waals surface area contributed by atoms with Gasteiger partial charge in [0, 0.05) is 13.1 Å². The third-order valence-corrected chi connectivity index (χ3v) is 4.59. The number of likely N-dealkylation sites (tertiary alicyclic amines) is 1. The number of nitrogens with zero attached hydrogens (tertiary/aromatic N) is 1. The van der Waals surface area contributed by atoms with E-state index in [4.69, 9.17) is 4.74 Å². The third kappa shape index (κ3) is 2.65. The molecule has 5 nitrogen and oxygen atoms in total. The molecule has 118 valence electrons. The molecule has 22 heavy (non-hydrogen) atoms. The average molecular weight is 307 g/mol. The van der Waals surface area contributed by atoms with Crippen LogP contribution in [-0.4, -0.2) is 42.1 Å². The standard InChI is InChI=1S/C16H18FNO4/c1-22-14-5-4-10(17)6-11(14)15(19)18-7-12(9-2-3-9)13(8-18)16(20)21/h4-6,9,12-13H,2-3,7-8H2,1H3,(H,20,21)/t12-,13+/m1/s1. The number of hydrogen-bond acceptors (Lipinski definition) is 3. The smallest absolute Gasteiger partial charge is 0.308 e. The zero-order valence-corrected chi connectivity index (χ0v) is 12.3. The van der Waals surface area contributed by atoms with E-state index in [1.807, 2.05) is 0 Å². The third-order valence-electron chi connectivity index (χ3n) is 4.59. The Morgan fingerprint density at radius 3 is 2.64 bits per heavy atom. The van der Waals surface area contributed by atoms with Crippen LogP contribution in [0.1, 0.15) is 23.2 Å². The number of carbonyl (C=O) groups excluding carboxylic acids is 1. The number of methoxy groups -OCH3 is 1. The Kier molecular flexibility index (Phi) is 3.76. The zero-order chi connectivity index (χ0) is 15.9. The highest BCUT2D eigenvalue weighted by Crippen LogP contribution is 2.44. The Hall–Kier alpha value is -2.11. The van der Waals surface area contributed by atoms with Crippen molar-refractivity contribution < 1.29 is 23.8 Å². The minimum absolute atomic E-state index is 0.000930. The van der Waals surface area contributed by atoms with Crippen molar-refractivity contribution in [3.63, 3.8) is 0 Å². The lowest BCUT2D eigenvalue weighted by Gasteiger charge is -2.18. The van der Waals surface area contributed by atoms with Gasteiger partial charge in [-0.2, -0.15) is 0 Å². The predicted molar refractivity (Wildman–Crippen MR) is 76.2 cm³/mol. The van der Waals surface area contributed by atoms with Crippen LogP contribution in [0.2, 0.25) is 0 Å². The van der Waals surface area contributed by atoms with E-state index in [2.05, 4.69) is 0 Å². The first-order valence-electron chi connectivity index (χ1n) is 7.37. The Morgan fingerprint density at radius 2 is 2.05 bits per heavy atom. The predicted octanol–water partition coefficient (Wildman–Crippen LogP) is 2.02. The van der Waals surface area contributed by atoms with Gasteiger partial charge in [0.2, 0.25) is 0 Å². The van der Waals surface area contributed by atoms with Crippen LogP contribution in [0, 0.1) is 23.6 Å². The van der Waals surface area contributed by atoms with Crippen LogP contribution in [0.25, 0.3) is 0 Å². The second-order valence-electron chi connectivity index (χ2n) is 6.00. The number of carboxylic acid groups (broad SMARTS) is 1. The van der Waals surface area contributed by atoms with Crippen molar-refractivity contribution in [1.82, 2.24) is 4.90 Å². The summed E-state index contributed by atoms with van der Waals surface area (Å²) in [5.41, 5.74) is 0.142. The molecule has 0 aromatic heterocycles. The van der Waals surface area contributed by atoms with Gasteiger partial charge in [-0.15, -0.1) is 0 Å². The number of rotatable bonds is 4. The molecule has 0 unspecified atom stereocenters. The van der Waals surface area contributed by atoms with Crippen molar-refractivity contribution in [3.8, 4) is 5.75 Å². The highest BCUT2D eigenvalue weighted by molar-refractivity contribution is 5.97. The average Bonchev–Trinajstić information content (AvgIpc) is 3.24. The molecule has 0 spiro atoms. The molecule has 1 aliphatic carbocycles. The number of carboxylic acids is 1. The summed E-state index contributed by atoms with van der Waals surface area (Å²) in [6.07, 6.45) is 2.06. The molecule has 1 amide bonds. The second kappa shape index (κ2) is 5.59. The summed E-state index contributed by atoms with van der Waals surface area (Å²) >= 11 is 0. The van der Waals surface area contributed by atoms with Crippen molar-refractivity contribution in [2.45, 2.75) is 12.8 Å². The first-order chi connectivity index (χ1) is 10.5. The van der Waals surface area contributed by atoms with E-state index in [9.17, 15) is 19.1 Å². The molecule has 0 radical (unpaired) electrons. The molecule has 2 atom stereocenters. The van der Waals surface area contributed by atoms with E-state index in [1.54, 1.807) is 0 Å². The van der Waals surface area contributed by atoms with E-state index in [0.717, 1.165) is 18.9 Å². The van der Waals surface area contributed by atoms with Gasteiger partial charge in [0.1, 0.15) is 11.6 Å². The van der Waals surface area contributed by atoms with Crippen LogP contribution in [0.15, 0.2) is 18.2 Å². The molecule has 1 N–H and O–H groups in total. The maximum atomic E-state index is 13.4. The highest BCUT2D eigenvalue weighted by Gasteiger charge is 2.47. The summed E-state index contributed by atoms with van der Waals surface area (Å²) in [6.45, 7) is 0.592. The summed E-state index contributed by atoms with van der Waals surface area (Å²) in [5.74, 6) is -1.58. The van der Waals surface area contributed by atoms with Crippen LogP contribution in [0.5, 0.6) is 5.75 Å². The molecule has 2 fully saturated rings. The van der Waals surface area contributed by atoms with E-state index < -0.39 is 17.7 Å². The molecular formula is C16H18FNO4. The first kappa shape index (κ1) is 14.8. The highest BCUT2D eigenvalue weighted by atomic mass is 19.1. The molecule has 2 aliphatic rings. The second-order valence-corrected chi connectivity index (χ2v) is 6.00. The van der Waals surface area contributed by atoms with Crippen molar-refractivity contribution in [2.75, 3.05) is 20.2 Å². The van der Waals surface area contributed by atoms with Gasteiger partial charge in [-0.25, -0.2) is 4.39 Å². The number of amides is 1. The SMILES string of the molecule is COc1ccc(F)cc1C(=O)N1C[C@H](C(=O)O)[C@@H](C2CC2)C1. The Labute approximate surface area is 127 Å². The van der Waals surface area contributed by atoms with Crippen LogP contribution in [-0.2, 0) is 4.79 Å². The molecule has 1 saturated heterocycles. The lowest BCUT2D eigenvalue weighted by Crippen LogP contribution is -2.30. The van der Waals surface area contributed by atoms with Gasteiger partial charge in [0.15, 0.2) is 0 Å². The molecule has 1 aromatic carbocycles. The van der Waals surface area contributed by atoms with Gasteiger partial charge in [-0.1, -0.05) is 0 Å². The van der Waals surface area contributed by atoms with Gasteiger partial charge < -0.3 is 14.7 Å². The maximum absolute atomic E-state index is 13.4. The lowest BCUT2D eigenvalue weighted by molar-refractivity contribution is -0.142. The topological polar surface area (TPSA) is 66.8 Å². The molecular weight excluding hydrogens is 289 g/mol. The van der Waals surface area contributed by atoms with Crippen molar-refractivity contribution >= 4 is 11.9 Å². The maximum Gasteiger partial charge on any atom is 0.308 e. The number of halogens is 1. The van der Waals surface area contributed by atoms with Gasteiger partial charge in [-0.3, -0.25) is 9.59 Å². The minimum Gasteiger partial charge on any atom is -0.496 e. The van der Waals surface area contributed by atoms with E-state index >= 15 is 0 Å². The summed E-state index contributed by atoms with van der Waals surface area (Å²) in [7, 11) is 1.42. The van der Waals surface area contributed by atoms with Gasteiger partial charge in [0.05, 0.1) is 18.6 Å². The van der Waals surface area contributed by atoms with Crippen LogP contribution in [0.4, 0.5) is 4.39 Å². The fraction of sp³-hybridized carbons (Fsp3) is 0.500. The minimum atomic E-state index is -0.863. The molecule has 3 rings (SSSR count). The normalized spacial score (nSPS) is 24.4. The van der Waals surface area contributed by atoms with Gasteiger partial charge in [-0.05, 0) is 42.9 Å². The fourth-order valence-electron chi connectivity index (χ4n) is 3.28. The van der Waals surface area contributed by atoms with Gasteiger partial charge >= 0.3 is 5.97 Å². The van der Waals surface area contributed by atoms with E-state index in [1.165, 1.54) is 24.1 Å². The molecule has 1 aromatic rings. The monoisotopic (exact) mass is 307 g/mol. The molecule has 1 heterocycles. The molecule has 1 saturated carbocycles. The zero-order valence-electron chi connectivity index (χ0n) is 12.3. The Balaban J connectivity index is 1.84. The summed E-state index contributed by atoms with van der Waals surface area (Å²) < 4.78 is 18.5. The van der Waals surface area contributed by atoms with Crippen LogP contribution < -0.4 is 4.74 Å². The Bertz CT molecular complexity index is 614. The fourth-order valence-corrected chi connectivity index (χ4v) is 3.28. The number of carbonyl (C=O) groups is 2. The number of ether oxygens (including phenoxy) is 1. The molecule has 6 heteroatoms. The largest absolute Gasteiger partial charge is 0.496 e. The van der Waals surface area contributed by atoms with Crippen LogP contribution in [0.3, 0.4) is 0 Å². The van der Waals surface area contributed by atoms with Crippen molar-refractivity contribution in [3.05, 3.63) is 29.6 Å². The summed E-state index contributed by atoms with van der Waals surface area (Å²) in [4.78, 5) is 25.5. The van der Waals surface area contributed by atoms with Crippen molar-refractivity contribution in [1.29, 1.82) is 0 Å². The molecule has 0 bridgehead atoms. The van der Waals surface area contributed by atoms with Crippen molar-refractivity contribution in [2.24, 2.45) is 17.8 Å². The van der Waals surface area contributed by atoms with Gasteiger partial charge in [0.25, 0.3) is 5.91 Å². The Morgan fingerprint density at radius 1 is 1.32 bits per heavy atom. The quantitative estimate of drug-likeness (QED) is 0.924. The van der Waals surface area contributed by atoms with Crippen LogP contribution >= 0.6 is 0 Å². The first-order valence-corrected chi connectivity index (χ1v) is 7.37. The summed E-state index contributed by atoms with van der Waals surface area (Å²) in [5, 5.41) is 9.35. The number of hydrogen-bond donors (Lipinski definition) is 1. The van der Waals surface area contributed by atoms with E-state index in [-0.39, 0.29) is 23.9 Å². The lowest BCUT2D eigenvalue weighted by atomic mass is 9.92.